The number of aryl methyl sites for hydroxylation is 1. The normalized spacial score (nSPS) is 26.2. The SMILES string of the molecule is CCC(C)CN1CCN(c2cc(C)n(C3CC4(C3)CN(C=O)C4)n2)C(CC)C1. The number of nitrogens with zero attached hydrogens (tertiary/aromatic N) is 5. The van der Waals surface area contributed by atoms with Crippen LogP contribution in [0.25, 0.3) is 0 Å². The molecule has 3 aliphatic rings. The molecule has 2 saturated heterocycles. The molecule has 2 atom stereocenters. The van der Waals surface area contributed by atoms with E-state index in [1.165, 1.54) is 31.5 Å². The van der Waals surface area contributed by atoms with Gasteiger partial charge < -0.3 is 9.80 Å². The van der Waals surface area contributed by atoms with Gasteiger partial charge in [0.25, 0.3) is 0 Å². The van der Waals surface area contributed by atoms with E-state index in [-0.39, 0.29) is 0 Å². The van der Waals surface area contributed by atoms with Crippen LogP contribution in [0.1, 0.15) is 58.2 Å². The first-order chi connectivity index (χ1) is 13.5. The van der Waals surface area contributed by atoms with E-state index in [0.717, 1.165) is 57.3 Å². The van der Waals surface area contributed by atoms with E-state index in [0.29, 0.717) is 17.5 Å². The van der Waals surface area contributed by atoms with Gasteiger partial charge in [0.1, 0.15) is 0 Å². The van der Waals surface area contributed by atoms with E-state index >= 15 is 0 Å². The fourth-order valence-corrected chi connectivity index (χ4v) is 5.55. The van der Waals surface area contributed by atoms with E-state index in [1.807, 2.05) is 4.90 Å². The fourth-order valence-electron chi connectivity index (χ4n) is 5.55. The summed E-state index contributed by atoms with van der Waals surface area (Å²) in [5.74, 6) is 1.94. The van der Waals surface area contributed by atoms with Crippen LogP contribution in [0.3, 0.4) is 0 Å². The molecule has 156 valence electrons. The van der Waals surface area contributed by atoms with Gasteiger partial charge in [-0.25, -0.2) is 0 Å². The van der Waals surface area contributed by atoms with Crippen LogP contribution in [0.2, 0.25) is 0 Å². The first-order valence-electron chi connectivity index (χ1n) is 11.2. The number of carbonyl (C=O) groups excluding carboxylic acids is 1. The average molecular weight is 388 g/mol. The summed E-state index contributed by atoms with van der Waals surface area (Å²) in [6.07, 6.45) is 5.74. The number of hydrogen-bond acceptors (Lipinski definition) is 4. The number of rotatable bonds is 7. The molecule has 2 aliphatic heterocycles. The quantitative estimate of drug-likeness (QED) is 0.675. The highest BCUT2D eigenvalue weighted by Crippen LogP contribution is 2.53. The summed E-state index contributed by atoms with van der Waals surface area (Å²) < 4.78 is 2.27. The van der Waals surface area contributed by atoms with E-state index < -0.39 is 0 Å². The van der Waals surface area contributed by atoms with Gasteiger partial charge >= 0.3 is 0 Å². The van der Waals surface area contributed by atoms with Gasteiger partial charge in [-0.1, -0.05) is 27.2 Å². The molecule has 3 fully saturated rings. The summed E-state index contributed by atoms with van der Waals surface area (Å²) in [5.41, 5.74) is 1.66. The molecule has 1 aromatic rings. The molecule has 3 heterocycles. The molecule has 2 unspecified atom stereocenters. The van der Waals surface area contributed by atoms with Gasteiger partial charge in [0.15, 0.2) is 5.82 Å². The number of aromatic nitrogens is 2. The molecule has 6 heteroatoms. The predicted octanol–water partition coefficient (Wildman–Crippen LogP) is 2.93. The lowest BCUT2D eigenvalue weighted by molar-refractivity contribution is -0.140. The van der Waals surface area contributed by atoms with Gasteiger partial charge in [-0.2, -0.15) is 5.10 Å². The van der Waals surface area contributed by atoms with Crippen molar-refractivity contribution >= 4 is 12.2 Å². The van der Waals surface area contributed by atoms with Crippen LogP contribution in [-0.2, 0) is 4.79 Å². The smallest absolute Gasteiger partial charge is 0.209 e. The molecule has 0 aromatic carbocycles. The molecule has 6 nitrogen and oxygen atoms in total. The Hall–Kier alpha value is -1.56. The Morgan fingerprint density at radius 1 is 1.29 bits per heavy atom. The zero-order valence-corrected chi connectivity index (χ0v) is 18.1. The highest BCUT2D eigenvalue weighted by Gasteiger charge is 2.53. The third-order valence-corrected chi connectivity index (χ3v) is 7.42. The maximum absolute atomic E-state index is 10.9. The van der Waals surface area contributed by atoms with Crippen molar-refractivity contribution in [3.63, 3.8) is 0 Å². The summed E-state index contributed by atoms with van der Waals surface area (Å²) in [6, 6.07) is 3.35. The molecule has 4 rings (SSSR count). The molecule has 28 heavy (non-hydrogen) atoms. The summed E-state index contributed by atoms with van der Waals surface area (Å²) in [4.78, 5) is 17.9. The second-order valence-electron chi connectivity index (χ2n) is 9.69. The minimum Gasteiger partial charge on any atom is -0.350 e. The Morgan fingerprint density at radius 3 is 2.68 bits per heavy atom. The van der Waals surface area contributed by atoms with Gasteiger partial charge in [-0.3, -0.25) is 14.4 Å². The van der Waals surface area contributed by atoms with Crippen molar-refractivity contribution in [3.05, 3.63) is 11.8 Å². The molecule has 0 bridgehead atoms. The van der Waals surface area contributed by atoms with Crippen molar-refractivity contribution in [2.24, 2.45) is 11.3 Å². The fraction of sp³-hybridized carbons (Fsp3) is 0.818. The van der Waals surface area contributed by atoms with Crippen molar-refractivity contribution < 1.29 is 4.79 Å². The standard InChI is InChI=1S/C22H37N5O/c1-5-17(3)12-24-7-8-26(19(6-2)13-24)21-9-18(4)27(23-21)20-10-22(11-20)14-25(15-22)16-28/h9,16-17,19-20H,5-8,10-15H2,1-4H3. The van der Waals surface area contributed by atoms with Crippen molar-refractivity contribution in [1.82, 2.24) is 19.6 Å². The number of anilines is 1. The monoisotopic (exact) mass is 387 g/mol. The van der Waals surface area contributed by atoms with Crippen molar-refractivity contribution in [2.75, 3.05) is 44.2 Å². The zero-order valence-electron chi connectivity index (χ0n) is 18.1. The van der Waals surface area contributed by atoms with E-state index in [1.54, 1.807) is 0 Å². The zero-order chi connectivity index (χ0) is 19.9. The molecule has 1 saturated carbocycles. The lowest BCUT2D eigenvalue weighted by Gasteiger charge is -2.58. The van der Waals surface area contributed by atoms with Gasteiger partial charge in [0.2, 0.25) is 6.41 Å². The topological polar surface area (TPSA) is 44.6 Å². The molecule has 1 spiro atoms. The van der Waals surface area contributed by atoms with Crippen LogP contribution in [0, 0.1) is 18.3 Å². The third-order valence-electron chi connectivity index (χ3n) is 7.42. The molecule has 1 aromatic heterocycles. The van der Waals surface area contributed by atoms with E-state index in [4.69, 9.17) is 5.10 Å². The molecular weight excluding hydrogens is 350 g/mol. The van der Waals surface area contributed by atoms with Gasteiger partial charge in [-0.05, 0) is 32.1 Å². The average Bonchev–Trinajstić information content (AvgIpc) is 3.00. The van der Waals surface area contributed by atoms with Crippen LogP contribution in [0.4, 0.5) is 5.82 Å². The lowest BCUT2D eigenvalue weighted by Crippen LogP contribution is -2.61. The minimum atomic E-state index is 0.387. The summed E-state index contributed by atoms with van der Waals surface area (Å²) in [7, 11) is 0. The van der Waals surface area contributed by atoms with Gasteiger partial charge in [0, 0.05) is 62.5 Å². The number of carbonyl (C=O) groups is 1. The Kier molecular flexibility index (Phi) is 5.43. The molecule has 0 radical (unpaired) electrons. The maximum atomic E-state index is 10.9. The highest BCUT2D eigenvalue weighted by atomic mass is 16.1. The lowest BCUT2D eigenvalue weighted by atomic mass is 9.61. The molecular formula is C22H37N5O. The van der Waals surface area contributed by atoms with Crippen LogP contribution in [-0.4, -0.2) is 71.3 Å². The Bertz CT molecular complexity index is 687. The van der Waals surface area contributed by atoms with Crippen LogP contribution >= 0.6 is 0 Å². The first kappa shape index (κ1) is 19.7. The second kappa shape index (κ2) is 7.69. The Morgan fingerprint density at radius 2 is 2.04 bits per heavy atom. The van der Waals surface area contributed by atoms with E-state index in [9.17, 15) is 4.79 Å². The Balaban J connectivity index is 1.39. The summed E-state index contributed by atoms with van der Waals surface area (Å²) in [6.45, 7) is 15.6. The van der Waals surface area contributed by atoms with Crippen molar-refractivity contribution in [1.29, 1.82) is 0 Å². The number of likely N-dealkylation sites (tertiary alicyclic amines) is 1. The summed E-state index contributed by atoms with van der Waals surface area (Å²) >= 11 is 0. The Labute approximate surface area is 169 Å². The number of hydrogen-bond donors (Lipinski definition) is 0. The van der Waals surface area contributed by atoms with Crippen molar-refractivity contribution in [2.45, 2.75) is 65.5 Å². The molecule has 1 aliphatic carbocycles. The number of piperazine rings is 1. The van der Waals surface area contributed by atoms with Crippen molar-refractivity contribution in [3.8, 4) is 0 Å². The van der Waals surface area contributed by atoms with Crippen LogP contribution in [0.15, 0.2) is 6.07 Å². The van der Waals surface area contributed by atoms with Crippen LogP contribution < -0.4 is 4.90 Å². The third kappa shape index (κ3) is 3.56. The molecule has 1 amide bonds. The van der Waals surface area contributed by atoms with Gasteiger partial charge in [-0.15, -0.1) is 0 Å². The highest BCUT2D eigenvalue weighted by molar-refractivity contribution is 5.50. The predicted molar refractivity (Wildman–Crippen MR) is 113 cm³/mol. The second-order valence-corrected chi connectivity index (χ2v) is 9.69. The largest absolute Gasteiger partial charge is 0.350 e. The van der Waals surface area contributed by atoms with Crippen LogP contribution in [0.5, 0.6) is 0 Å². The minimum absolute atomic E-state index is 0.387. The maximum Gasteiger partial charge on any atom is 0.209 e. The van der Waals surface area contributed by atoms with Gasteiger partial charge in [0.05, 0.1) is 6.04 Å². The van der Waals surface area contributed by atoms with E-state index in [2.05, 4.69) is 48.2 Å². The molecule has 0 N–H and O–H groups in total. The summed E-state index contributed by atoms with van der Waals surface area (Å²) in [5, 5.41) is 5.06. The first-order valence-corrected chi connectivity index (χ1v) is 11.2. The number of amides is 1.